The van der Waals surface area contributed by atoms with E-state index in [0.29, 0.717) is 17.5 Å². The van der Waals surface area contributed by atoms with Gasteiger partial charge in [0.1, 0.15) is 11.2 Å². The molecule has 5 nitrogen and oxygen atoms in total. The predicted molar refractivity (Wildman–Crippen MR) is 262 cm³/mol. The fraction of sp³-hybridized carbons (Fsp3) is 0. The summed E-state index contributed by atoms with van der Waals surface area (Å²) in [5.41, 5.74) is 12.3. The molecule has 0 fully saturated rings. The first-order valence-corrected chi connectivity index (χ1v) is 21.9. The lowest BCUT2D eigenvalue weighted by molar-refractivity contribution is 0.669. The molecule has 4 aromatic heterocycles. The van der Waals surface area contributed by atoms with Gasteiger partial charge in [-0.2, -0.15) is 0 Å². The van der Waals surface area contributed by atoms with Gasteiger partial charge in [0.05, 0.1) is 11.0 Å². The van der Waals surface area contributed by atoms with Gasteiger partial charge in [0.15, 0.2) is 17.5 Å². The van der Waals surface area contributed by atoms with Crippen molar-refractivity contribution in [3.8, 4) is 62.1 Å². The minimum absolute atomic E-state index is 0.608. The Morgan fingerprint density at radius 1 is 0.333 bits per heavy atom. The van der Waals surface area contributed by atoms with Crippen LogP contribution in [0.2, 0.25) is 0 Å². The summed E-state index contributed by atoms with van der Waals surface area (Å²) < 4.78 is 11.3. The minimum atomic E-state index is 0.608. The number of furan rings is 1. The van der Waals surface area contributed by atoms with E-state index >= 15 is 0 Å². The van der Waals surface area contributed by atoms with Gasteiger partial charge in [-0.25, -0.2) is 15.0 Å². The molecule has 0 unspecified atom stereocenters. The van der Waals surface area contributed by atoms with Gasteiger partial charge in [-0.05, 0) is 82.9 Å². The highest BCUT2D eigenvalue weighted by Crippen LogP contribution is 2.43. The van der Waals surface area contributed by atoms with E-state index in [1.54, 1.807) is 0 Å². The van der Waals surface area contributed by atoms with Gasteiger partial charge < -0.3 is 8.98 Å². The number of benzene rings is 9. The molecule has 0 aliphatic heterocycles. The van der Waals surface area contributed by atoms with Gasteiger partial charge in [0.25, 0.3) is 0 Å². The summed E-state index contributed by atoms with van der Waals surface area (Å²) in [5.74, 6) is 1.83. The molecule has 0 N–H and O–H groups in total. The maximum absolute atomic E-state index is 6.42. The number of fused-ring (bicyclic) bond motifs is 10. The molecule has 63 heavy (non-hydrogen) atoms. The van der Waals surface area contributed by atoms with Crippen molar-refractivity contribution in [3.05, 3.63) is 206 Å². The normalized spacial score (nSPS) is 11.8. The molecule has 0 aliphatic carbocycles. The Kier molecular flexibility index (Phi) is 8.01. The number of thiophene rings is 1. The monoisotopic (exact) mass is 822 g/mol. The summed E-state index contributed by atoms with van der Waals surface area (Å²) in [6, 6.07) is 72.6. The third-order valence-corrected chi connectivity index (χ3v) is 13.4. The Bertz CT molecular complexity index is 3860. The lowest BCUT2D eigenvalue weighted by Gasteiger charge is -2.12. The summed E-state index contributed by atoms with van der Waals surface area (Å²) in [6.07, 6.45) is 0. The first-order valence-electron chi connectivity index (χ1n) is 21.1. The topological polar surface area (TPSA) is 56.7 Å². The number of hydrogen-bond acceptors (Lipinski definition) is 5. The second-order valence-electron chi connectivity index (χ2n) is 16.0. The van der Waals surface area contributed by atoms with Crippen LogP contribution in [0.15, 0.2) is 211 Å². The van der Waals surface area contributed by atoms with Gasteiger partial charge in [-0.15, -0.1) is 11.3 Å². The molecule has 294 valence electrons. The fourth-order valence-electron chi connectivity index (χ4n) is 9.29. The molecule has 0 spiro atoms. The highest BCUT2D eigenvalue weighted by Gasteiger charge is 2.18. The quantitative estimate of drug-likeness (QED) is 0.168. The van der Waals surface area contributed by atoms with E-state index in [9.17, 15) is 0 Å². The van der Waals surface area contributed by atoms with E-state index in [1.165, 1.54) is 36.3 Å². The van der Waals surface area contributed by atoms with E-state index in [2.05, 4.69) is 205 Å². The van der Waals surface area contributed by atoms with Crippen LogP contribution in [-0.2, 0) is 0 Å². The average molecular weight is 823 g/mol. The molecule has 0 aliphatic rings. The SMILES string of the molecule is c1ccc(-c2cccc(-c3nc(-c4ccc(-c5ccc6oc7ccc8sc9ccccc9c8c7c6c5)cc4)nc(-c4cccc(-n5c6ccccc6c6ccccc65)c4)n3)c2)cc1. The van der Waals surface area contributed by atoms with Gasteiger partial charge >= 0.3 is 0 Å². The van der Waals surface area contributed by atoms with E-state index < -0.39 is 0 Å². The Balaban J connectivity index is 0.936. The number of para-hydroxylation sites is 2. The third kappa shape index (κ3) is 5.87. The molecule has 4 heterocycles. The average Bonchev–Trinajstić information content (AvgIpc) is 4.03. The molecular formula is C57H34N4OS. The van der Waals surface area contributed by atoms with Crippen molar-refractivity contribution in [1.29, 1.82) is 0 Å². The number of rotatable bonds is 6. The summed E-state index contributed by atoms with van der Waals surface area (Å²) in [4.78, 5) is 15.6. The number of aromatic nitrogens is 4. The van der Waals surface area contributed by atoms with E-state index in [4.69, 9.17) is 19.4 Å². The van der Waals surface area contributed by atoms with Gasteiger partial charge in [-0.3, -0.25) is 0 Å². The lowest BCUT2D eigenvalue weighted by atomic mass is 9.99. The second kappa shape index (κ2) is 14.2. The van der Waals surface area contributed by atoms with Gasteiger partial charge in [-0.1, -0.05) is 146 Å². The Labute approximate surface area is 365 Å². The van der Waals surface area contributed by atoms with Crippen molar-refractivity contribution in [2.45, 2.75) is 0 Å². The zero-order chi connectivity index (χ0) is 41.4. The number of nitrogens with zero attached hydrogens (tertiary/aromatic N) is 4. The summed E-state index contributed by atoms with van der Waals surface area (Å²) in [7, 11) is 0. The highest BCUT2D eigenvalue weighted by molar-refractivity contribution is 7.26. The van der Waals surface area contributed by atoms with Crippen molar-refractivity contribution in [2.75, 3.05) is 0 Å². The molecule has 0 radical (unpaired) electrons. The third-order valence-electron chi connectivity index (χ3n) is 12.3. The van der Waals surface area contributed by atoms with Crippen LogP contribution in [0.5, 0.6) is 0 Å². The van der Waals surface area contributed by atoms with Crippen LogP contribution in [0, 0.1) is 0 Å². The van der Waals surface area contributed by atoms with Crippen molar-refractivity contribution >= 4 is 75.3 Å². The maximum Gasteiger partial charge on any atom is 0.164 e. The smallest absolute Gasteiger partial charge is 0.164 e. The Morgan fingerprint density at radius 2 is 0.873 bits per heavy atom. The summed E-state index contributed by atoms with van der Waals surface area (Å²) in [5, 5.41) is 7.25. The predicted octanol–water partition coefficient (Wildman–Crippen LogP) is 15.6. The van der Waals surface area contributed by atoms with Crippen LogP contribution in [-0.4, -0.2) is 19.5 Å². The molecule has 0 saturated heterocycles. The van der Waals surface area contributed by atoms with E-state index in [1.807, 2.05) is 17.4 Å². The summed E-state index contributed by atoms with van der Waals surface area (Å²) >= 11 is 1.83. The molecular weight excluding hydrogens is 789 g/mol. The minimum Gasteiger partial charge on any atom is -0.456 e. The van der Waals surface area contributed by atoms with Crippen molar-refractivity contribution < 1.29 is 4.42 Å². The molecule has 6 heteroatoms. The zero-order valence-corrected chi connectivity index (χ0v) is 34.6. The van der Waals surface area contributed by atoms with Gasteiger partial charge in [0.2, 0.25) is 0 Å². The van der Waals surface area contributed by atoms with Crippen LogP contribution >= 0.6 is 11.3 Å². The molecule has 9 aromatic carbocycles. The van der Waals surface area contributed by atoms with Crippen molar-refractivity contribution in [2.24, 2.45) is 0 Å². The largest absolute Gasteiger partial charge is 0.456 e. The standard InChI is InChI=1S/C57H34N4OS/c1-2-12-35(13-3-1)38-14-10-15-40(32-38)56-58-55(59-57(60-56)41-16-11-17-42(33-41)61-47-21-7-4-18-43(47)44-19-5-8-22-48(44)61)37-26-24-36(25-27-37)39-28-29-49-46(34-39)53-50(62-49)30-31-52-54(53)45-20-6-9-23-51(45)63-52/h1-34H. The molecule has 0 bridgehead atoms. The molecule has 0 atom stereocenters. The second-order valence-corrected chi connectivity index (χ2v) is 17.1. The van der Waals surface area contributed by atoms with Crippen LogP contribution in [0.3, 0.4) is 0 Å². The van der Waals surface area contributed by atoms with Gasteiger partial charge in [0, 0.05) is 64.1 Å². The zero-order valence-electron chi connectivity index (χ0n) is 33.7. The fourth-order valence-corrected chi connectivity index (χ4v) is 10.4. The Hall–Kier alpha value is -8.19. The van der Waals surface area contributed by atoms with Crippen molar-refractivity contribution in [3.63, 3.8) is 0 Å². The van der Waals surface area contributed by atoms with Crippen molar-refractivity contribution in [1.82, 2.24) is 19.5 Å². The lowest BCUT2D eigenvalue weighted by Crippen LogP contribution is -2.01. The van der Waals surface area contributed by atoms with Crippen LogP contribution in [0.4, 0.5) is 0 Å². The molecule has 0 saturated carbocycles. The van der Waals surface area contributed by atoms with Crippen LogP contribution in [0.1, 0.15) is 0 Å². The molecule has 13 rings (SSSR count). The first kappa shape index (κ1) is 35.6. The molecule has 0 amide bonds. The van der Waals surface area contributed by atoms with Crippen LogP contribution in [0.25, 0.3) is 126 Å². The summed E-state index contributed by atoms with van der Waals surface area (Å²) in [6.45, 7) is 0. The maximum atomic E-state index is 6.42. The Morgan fingerprint density at radius 3 is 1.63 bits per heavy atom. The van der Waals surface area contributed by atoms with E-state index in [-0.39, 0.29) is 0 Å². The molecule has 13 aromatic rings. The van der Waals surface area contributed by atoms with Crippen LogP contribution < -0.4 is 0 Å². The highest BCUT2D eigenvalue weighted by atomic mass is 32.1. The number of hydrogen-bond donors (Lipinski definition) is 0. The first-order chi connectivity index (χ1) is 31.2. The van der Waals surface area contributed by atoms with E-state index in [0.717, 1.165) is 72.2 Å².